The summed E-state index contributed by atoms with van der Waals surface area (Å²) in [5.74, 6) is 0. The second-order valence-corrected chi connectivity index (χ2v) is 16.8. The number of rotatable bonds is 9. The average Bonchev–Trinajstić information content (AvgIpc) is 3.73. The van der Waals surface area contributed by atoms with E-state index in [0.717, 1.165) is 33.9 Å². The molecule has 310 valence electrons. The summed E-state index contributed by atoms with van der Waals surface area (Å²) < 4.78 is 2.42. The maximum Gasteiger partial charge on any atom is 0.0546 e. The number of fused-ring (bicyclic) bond motifs is 4. The molecule has 0 fully saturated rings. The van der Waals surface area contributed by atoms with Gasteiger partial charge in [-0.15, -0.1) is 0 Å². The van der Waals surface area contributed by atoms with Crippen LogP contribution in [0.25, 0.3) is 93.9 Å². The molecule has 0 amide bonds. The van der Waals surface area contributed by atoms with Crippen molar-refractivity contribution in [3.8, 4) is 61.3 Å². The molecule has 0 aliphatic rings. The molecule has 0 aliphatic heterocycles. The zero-order chi connectivity index (χ0) is 43.8. The first-order valence-corrected chi connectivity index (χ1v) is 22.7. The van der Waals surface area contributed by atoms with E-state index < -0.39 is 0 Å². The Morgan fingerprint density at radius 3 is 1.48 bits per heavy atom. The smallest absolute Gasteiger partial charge is 0.0546 e. The van der Waals surface area contributed by atoms with Crippen LogP contribution in [0, 0.1) is 0 Å². The number of aromatic nitrogens is 1. The lowest BCUT2D eigenvalue weighted by Gasteiger charge is -2.30. The zero-order valence-electron chi connectivity index (χ0n) is 36.3. The fourth-order valence-electron chi connectivity index (χ4n) is 10.0. The molecule has 11 aromatic carbocycles. The van der Waals surface area contributed by atoms with E-state index >= 15 is 0 Å². The number of hydrogen-bond acceptors (Lipinski definition) is 1. The zero-order valence-corrected chi connectivity index (χ0v) is 36.3. The molecule has 2 heteroatoms. The van der Waals surface area contributed by atoms with Crippen LogP contribution < -0.4 is 4.90 Å². The van der Waals surface area contributed by atoms with E-state index in [1.165, 1.54) is 77.1 Å². The molecule has 0 radical (unpaired) electrons. The molecule has 12 rings (SSSR count). The highest BCUT2D eigenvalue weighted by Crippen LogP contribution is 2.49. The second-order valence-electron chi connectivity index (χ2n) is 16.8. The van der Waals surface area contributed by atoms with E-state index in [2.05, 4.69) is 276 Å². The van der Waals surface area contributed by atoms with Gasteiger partial charge in [0.15, 0.2) is 0 Å². The Kier molecular flexibility index (Phi) is 9.89. The van der Waals surface area contributed by atoms with Gasteiger partial charge in [-0.3, -0.25) is 0 Å². The van der Waals surface area contributed by atoms with Crippen LogP contribution in [0.2, 0.25) is 0 Å². The van der Waals surface area contributed by atoms with Crippen LogP contribution in [0.1, 0.15) is 0 Å². The van der Waals surface area contributed by atoms with Gasteiger partial charge in [-0.25, -0.2) is 0 Å². The van der Waals surface area contributed by atoms with Crippen LogP contribution in [0.4, 0.5) is 17.1 Å². The van der Waals surface area contributed by atoms with Crippen molar-refractivity contribution in [3.05, 3.63) is 267 Å². The lowest BCUT2D eigenvalue weighted by atomic mass is 9.87. The van der Waals surface area contributed by atoms with Crippen LogP contribution in [-0.4, -0.2) is 4.57 Å². The van der Waals surface area contributed by atoms with Crippen molar-refractivity contribution in [3.63, 3.8) is 0 Å². The van der Waals surface area contributed by atoms with Gasteiger partial charge in [0.1, 0.15) is 0 Å². The van der Waals surface area contributed by atoms with E-state index in [1.807, 2.05) is 0 Å². The number of para-hydroxylation sites is 3. The largest absolute Gasteiger partial charge is 0.310 e. The Labute approximate surface area is 385 Å². The summed E-state index contributed by atoms with van der Waals surface area (Å²) in [6, 6.07) is 97.0. The van der Waals surface area contributed by atoms with E-state index in [1.54, 1.807) is 0 Å². The van der Waals surface area contributed by atoms with Gasteiger partial charge in [0.05, 0.1) is 22.4 Å². The monoisotopic (exact) mass is 840 g/mol. The summed E-state index contributed by atoms with van der Waals surface area (Å²) in [7, 11) is 0. The van der Waals surface area contributed by atoms with Gasteiger partial charge in [0.2, 0.25) is 0 Å². The summed E-state index contributed by atoms with van der Waals surface area (Å²) >= 11 is 0. The topological polar surface area (TPSA) is 8.17 Å². The highest BCUT2D eigenvalue weighted by Gasteiger charge is 2.24. The summed E-state index contributed by atoms with van der Waals surface area (Å²) in [6.45, 7) is 0. The van der Waals surface area contributed by atoms with Crippen molar-refractivity contribution in [2.45, 2.75) is 0 Å². The molecule has 1 aromatic heterocycles. The summed E-state index contributed by atoms with van der Waals surface area (Å²) in [5.41, 5.74) is 18.5. The Morgan fingerprint density at radius 2 is 0.758 bits per heavy atom. The molecule has 2 nitrogen and oxygen atoms in total. The van der Waals surface area contributed by atoms with Gasteiger partial charge in [-0.05, 0) is 104 Å². The number of anilines is 3. The lowest BCUT2D eigenvalue weighted by Crippen LogP contribution is -2.12. The van der Waals surface area contributed by atoms with E-state index in [4.69, 9.17) is 0 Å². The minimum atomic E-state index is 1.06. The molecule has 0 N–H and O–H groups in total. The number of benzene rings is 11. The van der Waals surface area contributed by atoms with Gasteiger partial charge >= 0.3 is 0 Å². The molecule has 0 saturated carbocycles. The maximum absolute atomic E-state index is 2.46. The minimum Gasteiger partial charge on any atom is -0.310 e. The first-order valence-electron chi connectivity index (χ1n) is 22.7. The number of nitrogens with zero attached hydrogens (tertiary/aromatic N) is 2. The van der Waals surface area contributed by atoms with Gasteiger partial charge in [0, 0.05) is 33.3 Å². The highest BCUT2D eigenvalue weighted by molar-refractivity contribution is 6.10. The fraction of sp³-hybridized carbons (Fsp3) is 0. The van der Waals surface area contributed by atoms with Crippen molar-refractivity contribution in [2.24, 2.45) is 0 Å². The number of hydrogen-bond donors (Lipinski definition) is 0. The molecular formula is C64H44N2. The van der Waals surface area contributed by atoms with Crippen LogP contribution in [0.3, 0.4) is 0 Å². The molecule has 0 spiro atoms. The first kappa shape index (κ1) is 38.9. The molecule has 66 heavy (non-hydrogen) atoms. The molecular weight excluding hydrogens is 797 g/mol. The Bertz CT molecular complexity index is 3640. The fourth-order valence-corrected chi connectivity index (χ4v) is 10.0. The predicted octanol–water partition coefficient (Wildman–Crippen LogP) is 17.7. The predicted molar refractivity (Wildman–Crippen MR) is 280 cm³/mol. The molecule has 0 atom stereocenters. The summed E-state index contributed by atoms with van der Waals surface area (Å²) in [6.07, 6.45) is 0. The third-order valence-corrected chi connectivity index (χ3v) is 13.0. The van der Waals surface area contributed by atoms with Crippen LogP contribution in [-0.2, 0) is 0 Å². The van der Waals surface area contributed by atoms with Crippen molar-refractivity contribution >= 4 is 49.6 Å². The maximum atomic E-state index is 2.46. The van der Waals surface area contributed by atoms with Gasteiger partial charge < -0.3 is 9.47 Å². The second kappa shape index (κ2) is 16.8. The summed E-state index contributed by atoms with van der Waals surface area (Å²) in [4.78, 5) is 2.46. The first-order chi connectivity index (χ1) is 32.8. The van der Waals surface area contributed by atoms with Crippen molar-refractivity contribution in [1.29, 1.82) is 0 Å². The van der Waals surface area contributed by atoms with Gasteiger partial charge in [-0.2, -0.15) is 0 Å². The van der Waals surface area contributed by atoms with Crippen molar-refractivity contribution in [1.82, 2.24) is 4.57 Å². The molecule has 12 aromatic rings. The SMILES string of the molecule is c1ccc(-c2ccccc2-c2c(-c3ccccc3)cccc2N(c2ccc(-c3ccccc3-n3c4ccccc4c4ccccc43)cc2)c2cccc(-c3cccc4ccccc34)c2)cc1. The van der Waals surface area contributed by atoms with Crippen molar-refractivity contribution in [2.75, 3.05) is 4.90 Å². The molecule has 0 unspecified atom stereocenters. The highest BCUT2D eigenvalue weighted by atomic mass is 15.1. The lowest BCUT2D eigenvalue weighted by molar-refractivity contribution is 1.18. The van der Waals surface area contributed by atoms with E-state index in [-0.39, 0.29) is 0 Å². The Morgan fingerprint density at radius 1 is 0.273 bits per heavy atom. The Balaban J connectivity index is 1.08. The van der Waals surface area contributed by atoms with Gasteiger partial charge in [-0.1, -0.05) is 218 Å². The van der Waals surface area contributed by atoms with Crippen molar-refractivity contribution < 1.29 is 0 Å². The molecule has 0 saturated heterocycles. The Hall–Kier alpha value is -8.72. The summed E-state index contributed by atoms with van der Waals surface area (Å²) in [5, 5.41) is 4.96. The van der Waals surface area contributed by atoms with E-state index in [0.29, 0.717) is 0 Å². The quantitative estimate of drug-likeness (QED) is 0.141. The van der Waals surface area contributed by atoms with Crippen LogP contribution in [0.15, 0.2) is 267 Å². The molecule has 0 bridgehead atoms. The molecule has 1 heterocycles. The third kappa shape index (κ3) is 6.84. The standard InChI is InChI=1S/C64H44N2/c1-3-20-45(21-4-1)53-29-9-10-33-59(53)64-56(47-22-5-2-6-23-47)35-19-39-63(64)65(51-27-17-26-49(44-51)54-34-18-25-46-24-7-8-28-52(46)54)50-42-40-48(41-43-50)55-30-11-14-36-60(55)66-61-37-15-12-31-57(61)58-32-13-16-38-62(58)66/h1-44H. The van der Waals surface area contributed by atoms with Gasteiger partial charge in [0.25, 0.3) is 0 Å². The normalized spacial score (nSPS) is 11.3. The average molecular weight is 841 g/mol. The van der Waals surface area contributed by atoms with Crippen LogP contribution in [0.5, 0.6) is 0 Å². The minimum absolute atomic E-state index is 1.06. The van der Waals surface area contributed by atoms with Crippen LogP contribution >= 0.6 is 0 Å². The van der Waals surface area contributed by atoms with E-state index in [9.17, 15) is 0 Å². The third-order valence-electron chi connectivity index (χ3n) is 13.0. The molecule has 0 aliphatic carbocycles.